The van der Waals surface area contributed by atoms with Crippen LogP contribution in [0.2, 0.25) is 0 Å². The van der Waals surface area contributed by atoms with Gasteiger partial charge in [0.2, 0.25) is 11.8 Å². The van der Waals surface area contributed by atoms with Gasteiger partial charge in [0.1, 0.15) is 0 Å². The summed E-state index contributed by atoms with van der Waals surface area (Å²) in [6.07, 6.45) is 5.35. The number of nitrogens with zero attached hydrogens (tertiary/aromatic N) is 2. The molecule has 120 valence electrons. The Balaban J connectivity index is 1.64. The van der Waals surface area contributed by atoms with Crippen molar-refractivity contribution >= 4 is 11.8 Å². The summed E-state index contributed by atoms with van der Waals surface area (Å²) in [5, 5.41) is 6.12. The number of carbonyl (C=O) groups excluding carboxylic acids is 2. The molecular formula is C15H28N4O2. The smallest absolute Gasteiger partial charge is 0.233 e. The number of hydrogen-bond acceptors (Lipinski definition) is 4. The van der Waals surface area contributed by atoms with Crippen molar-refractivity contribution in [1.29, 1.82) is 0 Å². The molecule has 2 heterocycles. The molecule has 0 saturated carbocycles. The maximum absolute atomic E-state index is 12.2. The molecule has 1 atom stereocenters. The summed E-state index contributed by atoms with van der Waals surface area (Å²) in [5.74, 6) is 0.306. The molecular weight excluding hydrogens is 268 g/mol. The van der Waals surface area contributed by atoms with Gasteiger partial charge in [-0.05, 0) is 25.8 Å². The number of piperidine rings is 1. The first-order chi connectivity index (χ1) is 10.2. The second kappa shape index (κ2) is 8.34. The van der Waals surface area contributed by atoms with Gasteiger partial charge in [-0.15, -0.1) is 0 Å². The van der Waals surface area contributed by atoms with E-state index in [1.807, 2.05) is 4.90 Å². The first-order valence-electron chi connectivity index (χ1n) is 8.13. The van der Waals surface area contributed by atoms with Gasteiger partial charge in [-0.1, -0.05) is 6.42 Å². The first-order valence-corrected chi connectivity index (χ1v) is 8.13. The standard InChI is InChI=1S/C15H28N4O2/c1-16-14(20)12-18-8-10-19(11-9-18)15(21)6-5-13-4-2-3-7-17-13/h13,17H,2-12H2,1H3,(H,16,20). The molecule has 0 aromatic carbocycles. The number of likely N-dealkylation sites (N-methyl/N-ethyl adjacent to an activating group) is 1. The molecule has 0 spiro atoms. The van der Waals surface area contributed by atoms with Crippen LogP contribution in [0.15, 0.2) is 0 Å². The van der Waals surface area contributed by atoms with Gasteiger partial charge in [-0.25, -0.2) is 0 Å². The lowest BCUT2D eigenvalue weighted by molar-refractivity contribution is -0.133. The maximum Gasteiger partial charge on any atom is 0.233 e. The number of rotatable bonds is 5. The summed E-state index contributed by atoms with van der Waals surface area (Å²) >= 11 is 0. The van der Waals surface area contributed by atoms with Crippen molar-refractivity contribution in [2.45, 2.75) is 38.1 Å². The largest absolute Gasteiger partial charge is 0.358 e. The van der Waals surface area contributed by atoms with Crippen molar-refractivity contribution in [2.24, 2.45) is 0 Å². The molecule has 0 aromatic heterocycles. The van der Waals surface area contributed by atoms with Crippen LogP contribution < -0.4 is 10.6 Å². The summed E-state index contributed by atoms with van der Waals surface area (Å²) < 4.78 is 0. The van der Waals surface area contributed by atoms with Gasteiger partial charge in [0.25, 0.3) is 0 Å². The normalized spacial score (nSPS) is 23.9. The minimum atomic E-state index is 0.0400. The fourth-order valence-electron chi connectivity index (χ4n) is 3.06. The lowest BCUT2D eigenvalue weighted by Crippen LogP contribution is -2.51. The lowest BCUT2D eigenvalue weighted by atomic mass is 10.0. The average Bonchev–Trinajstić information content (AvgIpc) is 2.54. The van der Waals surface area contributed by atoms with Crippen LogP contribution in [0.5, 0.6) is 0 Å². The number of piperazine rings is 1. The van der Waals surface area contributed by atoms with Crippen molar-refractivity contribution in [3.8, 4) is 0 Å². The minimum absolute atomic E-state index is 0.0400. The van der Waals surface area contributed by atoms with E-state index in [0.29, 0.717) is 19.0 Å². The molecule has 0 bridgehead atoms. The van der Waals surface area contributed by atoms with Crippen LogP contribution in [0, 0.1) is 0 Å². The minimum Gasteiger partial charge on any atom is -0.358 e. The van der Waals surface area contributed by atoms with E-state index in [1.54, 1.807) is 7.05 Å². The van der Waals surface area contributed by atoms with Crippen molar-refractivity contribution in [2.75, 3.05) is 46.3 Å². The Kier molecular flexibility index (Phi) is 6.45. The maximum atomic E-state index is 12.2. The van der Waals surface area contributed by atoms with E-state index in [-0.39, 0.29) is 11.8 Å². The fourth-order valence-corrected chi connectivity index (χ4v) is 3.06. The molecule has 0 aliphatic carbocycles. The van der Waals surface area contributed by atoms with Gasteiger partial charge in [0, 0.05) is 45.7 Å². The van der Waals surface area contributed by atoms with Crippen LogP contribution >= 0.6 is 0 Å². The zero-order valence-electron chi connectivity index (χ0n) is 13.1. The average molecular weight is 296 g/mol. The molecule has 6 heteroatoms. The summed E-state index contributed by atoms with van der Waals surface area (Å²) in [5.41, 5.74) is 0. The third kappa shape index (κ3) is 5.28. The van der Waals surface area contributed by atoms with E-state index in [9.17, 15) is 9.59 Å². The van der Waals surface area contributed by atoms with Gasteiger partial charge < -0.3 is 15.5 Å². The van der Waals surface area contributed by atoms with Crippen LogP contribution in [0.3, 0.4) is 0 Å². The Labute approximate surface area is 127 Å². The van der Waals surface area contributed by atoms with E-state index < -0.39 is 0 Å². The van der Waals surface area contributed by atoms with Crippen LogP contribution in [-0.2, 0) is 9.59 Å². The predicted molar refractivity (Wildman–Crippen MR) is 82.0 cm³/mol. The van der Waals surface area contributed by atoms with Gasteiger partial charge in [-0.2, -0.15) is 0 Å². The van der Waals surface area contributed by atoms with Crippen LogP contribution in [0.1, 0.15) is 32.1 Å². The molecule has 6 nitrogen and oxygen atoms in total. The summed E-state index contributed by atoms with van der Waals surface area (Å²) in [7, 11) is 1.65. The molecule has 2 aliphatic heterocycles. The van der Waals surface area contributed by atoms with E-state index in [4.69, 9.17) is 0 Å². The van der Waals surface area contributed by atoms with Gasteiger partial charge in [0.15, 0.2) is 0 Å². The third-order valence-electron chi connectivity index (χ3n) is 4.49. The molecule has 21 heavy (non-hydrogen) atoms. The quantitative estimate of drug-likeness (QED) is 0.737. The van der Waals surface area contributed by atoms with Crippen molar-refractivity contribution in [1.82, 2.24) is 20.4 Å². The number of nitrogens with one attached hydrogen (secondary N) is 2. The monoisotopic (exact) mass is 296 g/mol. The zero-order valence-corrected chi connectivity index (χ0v) is 13.1. The Bertz CT molecular complexity index is 348. The number of amides is 2. The van der Waals surface area contributed by atoms with E-state index >= 15 is 0 Å². The summed E-state index contributed by atoms with van der Waals surface area (Å²) in [6.45, 7) is 4.60. The highest BCUT2D eigenvalue weighted by Crippen LogP contribution is 2.13. The van der Waals surface area contributed by atoms with E-state index in [2.05, 4.69) is 15.5 Å². The molecule has 2 saturated heterocycles. The fraction of sp³-hybridized carbons (Fsp3) is 0.867. The molecule has 2 N–H and O–H groups in total. The Morgan fingerprint density at radius 2 is 1.95 bits per heavy atom. The highest BCUT2D eigenvalue weighted by molar-refractivity contribution is 5.78. The van der Waals surface area contributed by atoms with Crippen molar-refractivity contribution in [3.63, 3.8) is 0 Å². The zero-order chi connectivity index (χ0) is 15.1. The molecule has 2 aliphatic rings. The van der Waals surface area contributed by atoms with E-state index in [0.717, 1.165) is 39.1 Å². The molecule has 2 fully saturated rings. The lowest BCUT2D eigenvalue weighted by Gasteiger charge is -2.34. The molecule has 2 amide bonds. The number of carbonyl (C=O) groups is 2. The van der Waals surface area contributed by atoms with Gasteiger partial charge >= 0.3 is 0 Å². The summed E-state index contributed by atoms with van der Waals surface area (Å²) in [4.78, 5) is 27.6. The van der Waals surface area contributed by atoms with Crippen LogP contribution in [-0.4, -0.2) is 74.0 Å². The molecule has 0 aromatic rings. The SMILES string of the molecule is CNC(=O)CN1CCN(C(=O)CCC2CCCCN2)CC1. The summed E-state index contributed by atoms with van der Waals surface area (Å²) in [6, 6.07) is 0.525. The molecule has 0 radical (unpaired) electrons. The Morgan fingerprint density at radius 1 is 1.19 bits per heavy atom. The number of hydrogen-bond donors (Lipinski definition) is 2. The molecule has 2 rings (SSSR count). The topological polar surface area (TPSA) is 64.7 Å². The highest BCUT2D eigenvalue weighted by Gasteiger charge is 2.23. The van der Waals surface area contributed by atoms with E-state index in [1.165, 1.54) is 19.3 Å². The molecule has 1 unspecified atom stereocenters. The first kappa shape index (κ1) is 16.2. The van der Waals surface area contributed by atoms with Crippen LogP contribution in [0.4, 0.5) is 0 Å². The van der Waals surface area contributed by atoms with Crippen molar-refractivity contribution < 1.29 is 9.59 Å². The highest BCUT2D eigenvalue weighted by atomic mass is 16.2. The van der Waals surface area contributed by atoms with Crippen molar-refractivity contribution in [3.05, 3.63) is 0 Å². The Morgan fingerprint density at radius 3 is 2.57 bits per heavy atom. The second-order valence-electron chi connectivity index (χ2n) is 6.02. The Hall–Kier alpha value is -1.14. The van der Waals surface area contributed by atoms with Gasteiger partial charge in [-0.3, -0.25) is 14.5 Å². The second-order valence-corrected chi connectivity index (χ2v) is 6.02. The van der Waals surface area contributed by atoms with Gasteiger partial charge in [0.05, 0.1) is 6.54 Å². The van der Waals surface area contributed by atoms with Crippen LogP contribution in [0.25, 0.3) is 0 Å². The third-order valence-corrected chi connectivity index (χ3v) is 4.49. The predicted octanol–water partition coefficient (Wildman–Crippen LogP) is -0.201.